The first-order valence-electron chi connectivity index (χ1n) is 9.53. The number of benzene rings is 2. The van der Waals surface area contributed by atoms with Crippen LogP contribution >= 0.6 is 11.6 Å². The Kier molecular flexibility index (Phi) is 6.83. The van der Waals surface area contributed by atoms with E-state index in [4.69, 9.17) is 16.6 Å². The van der Waals surface area contributed by atoms with Gasteiger partial charge in [-0.3, -0.25) is 4.99 Å². The summed E-state index contributed by atoms with van der Waals surface area (Å²) in [5.74, 6) is 0.820. The van der Waals surface area contributed by atoms with E-state index in [0.717, 1.165) is 59.9 Å². The van der Waals surface area contributed by atoms with Gasteiger partial charge in [0.2, 0.25) is 0 Å². The molecule has 1 saturated carbocycles. The average molecular weight is 380 g/mol. The maximum Gasteiger partial charge on any atom is 0.134 e. The molecule has 0 aromatic heterocycles. The van der Waals surface area contributed by atoms with Crippen molar-refractivity contribution in [1.82, 2.24) is 0 Å². The molecule has 0 aliphatic heterocycles. The first-order valence-corrected chi connectivity index (χ1v) is 9.91. The highest BCUT2D eigenvalue weighted by Gasteiger charge is 2.19. The van der Waals surface area contributed by atoms with Crippen LogP contribution in [0.2, 0.25) is 5.02 Å². The van der Waals surface area contributed by atoms with Gasteiger partial charge in [-0.05, 0) is 67.8 Å². The molecule has 0 bridgehead atoms. The predicted octanol–water partition coefficient (Wildman–Crippen LogP) is 6.44. The monoisotopic (exact) mass is 379 g/mol. The van der Waals surface area contributed by atoms with Crippen LogP contribution in [-0.4, -0.2) is 12.4 Å². The SMILES string of the molecule is C=N/C(Nc1ccc(CCC)cc1)=C1/CCCC1=NCc1cccc(Cl)c1. The number of nitrogens with one attached hydrogen (secondary N) is 1. The number of allylic oxidation sites excluding steroid dienone is 1. The highest BCUT2D eigenvalue weighted by molar-refractivity contribution is 6.30. The van der Waals surface area contributed by atoms with Crippen molar-refractivity contribution in [3.05, 3.63) is 76.1 Å². The lowest BCUT2D eigenvalue weighted by Crippen LogP contribution is -2.06. The van der Waals surface area contributed by atoms with Crippen LogP contribution in [0.1, 0.15) is 43.7 Å². The standard InChI is InChI=1S/C23H26ClN3/c1-3-6-17-11-13-20(14-12-17)27-23(25-2)21-9-5-10-22(21)26-16-18-7-4-8-19(24)15-18/h4,7-8,11-15,27H,2-3,5-6,9-10,16H2,1H3/b23-21+,26-22?. The number of aryl methyl sites for hydroxylation is 1. The Hall–Kier alpha value is -2.39. The van der Waals surface area contributed by atoms with Crippen molar-refractivity contribution in [3.63, 3.8) is 0 Å². The summed E-state index contributed by atoms with van der Waals surface area (Å²) < 4.78 is 0. The molecule has 0 amide bonds. The molecular weight excluding hydrogens is 354 g/mol. The molecule has 1 aliphatic carbocycles. The normalized spacial score (nSPS) is 17.2. The van der Waals surface area contributed by atoms with Gasteiger partial charge < -0.3 is 5.32 Å². The van der Waals surface area contributed by atoms with E-state index in [1.54, 1.807) is 0 Å². The second-order valence-corrected chi connectivity index (χ2v) is 7.24. The van der Waals surface area contributed by atoms with E-state index in [9.17, 15) is 0 Å². The minimum atomic E-state index is 0.634. The lowest BCUT2D eigenvalue weighted by molar-refractivity contribution is 0.922. The van der Waals surface area contributed by atoms with E-state index in [2.05, 4.69) is 54.3 Å². The van der Waals surface area contributed by atoms with Crippen LogP contribution in [0.15, 0.2) is 69.9 Å². The van der Waals surface area contributed by atoms with Gasteiger partial charge in [0.1, 0.15) is 5.82 Å². The molecule has 140 valence electrons. The van der Waals surface area contributed by atoms with E-state index in [-0.39, 0.29) is 0 Å². The highest BCUT2D eigenvalue weighted by Crippen LogP contribution is 2.27. The second kappa shape index (κ2) is 9.52. The molecule has 3 rings (SSSR count). The lowest BCUT2D eigenvalue weighted by Gasteiger charge is -2.11. The fourth-order valence-electron chi connectivity index (χ4n) is 3.37. The van der Waals surface area contributed by atoms with Crippen molar-refractivity contribution in [3.8, 4) is 0 Å². The minimum Gasteiger partial charge on any atom is -0.340 e. The Morgan fingerprint density at radius 2 is 1.93 bits per heavy atom. The van der Waals surface area contributed by atoms with Crippen LogP contribution in [0.5, 0.6) is 0 Å². The van der Waals surface area contributed by atoms with Gasteiger partial charge in [0.15, 0.2) is 0 Å². The molecule has 0 saturated heterocycles. The van der Waals surface area contributed by atoms with Crippen LogP contribution in [0.25, 0.3) is 0 Å². The summed E-state index contributed by atoms with van der Waals surface area (Å²) >= 11 is 6.07. The van der Waals surface area contributed by atoms with Gasteiger partial charge in [-0.15, -0.1) is 0 Å². The molecule has 3 nitrogen and oxygen atoms in total. The zero-order chi connectivity index (χ0) is 19.1. The smallest absolute Gasteiger partial charge is 0.134 e. The summed E-state index contributed by atoms with van der Waals surface area (Å²) in [6, 6.07) is 16.4. The summed E-state index contributed by atoms with van der Waals surface area (Å²) in [6.45, 7) is 6.60. The van der Waals surface area contributed by atoms with Crippen molar-refractivity contribution in [2.45, 2.75) is 45.6 Å². The molecule has 2 aromatic rings. The summed E-state index contributed by atoms with van der Waals surface area (Å²) in [4.78, 5) is 9.10. The Morgan fingerprint density at radius 3 is 2.63 bits per heavy atom. The van der Waals surface area contributed by atoms with Gasteiger partial charge >= 0.3 is 0 Å². The quantitative estimate of drug-likeness (QED) is 0.552. The molecule has 0 unspecified atom stereocenters. The zero-order valence-corrected chi connectivity index (χ0v) is 16.6. The summed E-state index contributed by atoms with van der Waals surface area (Å²) in [7, 11) is 0. The number of hydrogen-bond acceptors (Lipinski definition) is 3. The van der Waals surface area contributed by atoms with Crippen LogP contribution in [0.4, 0.5) is 5.69 Å². The highest BCUT2D eigenvalue weighted by atomic mass is 35.5. The minimum absolute atomic E-state index is 0.634. The number of rotatable bonds is 7. The third-order valence-electron chi connectivity index (χ3n) is 4.73. The van der Waals surface area contributed by atoms with E-state index in [1.807, 2.05) is 18.2 Å². The van der Waals surface area contributed by atoms with E-state index in [1.165, 1.54) is 11.1 Å². The van der Waals surface area contributed by atoms with Gasteiger partial charge in [-0.2, -0.15) is 0 Å². The third-order valence-corrected chi connectivity index (χ3v) is 4.96. The molecule has 1 aliphatic rings. The fourth-order valence-corrected chi connectivity index (χ4v) is 3.58. The lowest BCUT2D eigenvalue weighted by atomic mass is 10.1. The van der Waals surface area contributed by atoms with E-state index >= 15 is 0 Å². The number of nitrogens with zero attached hydrogens (tertiary/aromatic N) is 2. The number of anilines is 1. The Balaban J connectivity index is 1.77. The maximum atomic E-state index is 6.07. The average Bonchev–Trinajstić information content (AvgIpc) is 3.14. The van der Waals surface area contributed by atoms with Crippen LogP contribution < -0.4 is 5.32 Å². The maximum absolute atomic E-state index is 6.07. The topological polar surface area (TPSA) is 36.8 Å². The molecule has 0 spiro atoms. The van der Waals surface area contributed by atoms with Crippen molar-refractivity contribution in [2.24, 2.45) is 9.98 Å². The van der Waals surface area contributed by atoms with Crippen LogP contribution in [0, 0.1) is 0 Å². The summed E-state index contributed by atoms with van der Waals surface area (Å²) in [6.07, 6.45) is 5.31. The molecule has 2 aromatic carbocycles. The first kappa shape index (κ1) is 19.4. The molecule has 0 atom stereocenters. The Labute approximate surface area is 166 Å². The molecule has 1 N–H and O–H groups in total. The van der Waals surface area contributed by atoms with Gasteiger partial charge in [-0.25, -0.2) is 4.99 Å². The van der Waals surface area contributed by atoms with Crippen molar-refractivity contribution in [2.75, 3.05) is 5.32 Å². The van der Waals surface area contributed by atoms with E-state index in [0.29, 0.717) is 6.54 Å². The van der Waals surface area contributed by atoms with Crippen molar-refractivity contribution < 1.29 is 0 Å². The molecule has 0 radical (unpaired) electrons. The second-order valence-electron chi connectivity index (χ2n) is 6.80. The molecular formula is C23H26ClN3. The molecule has 27 heavy (non-hydrogen) atoms. The van der Waals surface area contributed by atoms with E-state index < -0.39 is 0 Å². The largest absolute Gasteiger partial charge is 0.340 e. The van der Waals surface area contributed by atoms with Gasteiger partial charge in [0.05, 0.1) is 6.54 Å². The predicted molar refractivity (Wildman–Crippen MR) is 117 cm³/mol. The summed E-state index contributed by atoms with van der Waals surface area (Å²) in [5, 5.41) is 4.17. The number of halogens is 1. The third kappa shape index (κ3) is 5.30. The van der Waals surface area contributed by atoms with Gasteiger partial charge in [0.25, 0.3) is 0 Å². The molecule has 4 heteroatoms. The van der Waals surface area contributed by atoms with Gasteiger partial charge in [0, 0.05) is 22.0 Å². The zero-order valence-electron chi connectivity index (χ0n) is 15.8. The van der Waals surface area contributed by atoms with Crippen LogP contribution in [-0.2, 0) is 13.0 Å². The molecule has 1 fully saturated rings. The first-order chi connectivity index (χ1) is 13.2. The van der Waals surface area contributed by atoms with Gasteiger partial charge in [-0.1, -0.05) is 49.2 Å². The fraction of sp³-hybridized carbons (Fsp3) is 0.304. The Bertz CT molecular complexity index is 850. The van der Waals surface area contributed by atoms with Crippen molar-refractivity contribution >= 4 is 29.7 Å². The number of hydrogen-bond donors (Lipinski definition) is 1. The number of aliphatic imine (C=N–C) groups is 2. The van der Waals surface area contributed by atoms with Crippen molar-refractivity contribution in [1.29, 1.82) is 0 Å². The Morgan fingerprint density at radius 1 is 1.11 bits per heavy atom. The summed E-state index contributed by atoms with van der Waals surface area (Å²) in [5.41, 5.74) is 5.80. The molecule has 0 heterocycles. The van der Waals surface area contributed by atoms with Crippen LogP contribution in [0.3, 0.4) is 0 Å².